The largest absolute Gasteiger partial charge is 0.355 e. The van der Waals surface area contributed by atoms with Crippen LogP contribution in [0.4, 0.5) is 14.6 Å². The summed E-state index contributed by atoms with van der Waals surface area (Å²) >= 11 is 0. The predicted octanol–water partition coefficient (Wildman–Crippen LogP) is 3.25. The smallest absolute Gasteiger partial charge is 0.163 e. The summed E-state index contributed by atoms with van der Waals surface area (Å²) in [5.74, 6) is -0.554. The van der Waals surface area contributed by atoms with Crippen molar-refractivity contribution in [3.8, 4) is 0 Å². The molecule has 0 saturated carbocycles. The van der Waals surface area contributed by atoms with Crippen LogP contribution in [0, 0.1) is 17.0 Å². The number of hydrogen-bond donors (Lipinski definition) is 0. The fourth-order valence-electron chi connectivity index (χ4n) is 4.27. The molecule has 0 bridgehead atoms. The van der Waals surface area contributed by atoms with Gasteiger partial charge in [0.1, 0.15) is 5.82 Å². The van der Waals surface area contributed by atoms with E-state index in [0.29, 0.717) is 12.1 Å². The van der Waals surface area contributed by atoms with Crippen molar-refractivity contribution in [3.05, 3.63) is 54.0 Å². The summed E-state index contributed by atoms with van der Waals surface area (Å²) in [5.41, 5.74) is 0.653. The maximum atomic E-state index is 14.0. The molecule has 4 nitrogen and oxygen atoms in total. The number of halogens is 2. The lowest BCUT2D eigenvalue weighted by Gasteiger charge is -2.40. The number of anilines is 1. The summed E-state index contributed by atoms with van der Waals surface area (Å²) in [6.07, 6.45) is 8.58. The number of likely N-dealkylation sites (tertiary alicyclic amines) is 1. The molecule has 1 spiro atoms. The zero-order chi connectivity index (χ0) is 17.3. The minimum absolute atomic E-state index is 0.208. The summed E-state index contributed by atoms with van der Waals surface area (Å²) in [6, 6.07) is 4.44. The molecule has 25 heavy (non-hydrogen) atoms. The average Bonchev–Trinajstić information content (AvgIpc) is 3.03. The monoisotopic (exact) mass is 344 g/mol. The van der Waals surface area contributed by atoms with Gasteiger partial charge in [0.2, 0.25) is 0 Å². The molecule has 0 amide bonds. The number of piperidine rings is 1. The first-order valence-corrected chi connectivity index (χ1v) is 8.81. The number of rotatable bonds is 3. The van der Waals surface area contributed by atoms with Gasteiger partial charge in [0.25, 0.3) is 0 Å². The molecule has 2 aliphatic rings. The zero-order valence-corrected chi connectivity index (χ0v) is 14.2. The van der Waals surface area contributed by atoms with Crippen LogP contribution in [0.25, 0.3) is 0 Å². The first kappa shape index (κ1) is 16.4. The lowest BCUT2D eigenvalue weighted by atomic mass is 9.79. The summed E-state index contributed by atoms with van der Waals surface area (Å²) in [4.78, 5) is 13.1. The maximum Gasteiger partial charge on any atom is 0.163 e. The Hall–Kier alpha value is -2.08. The Bertz CT molecular complexity index is 739. The summed E-state index contributed by atoms with van der Waals surface area (Å²) in [5, 5.41) is 0. The van der Waals surface area contributed by atoms with Gasteiger partial charge < -0.3 is 4.90 Å². The van der Waals surface area contributed by atoms with Gasteiger partial charge in [-0.3, -0.25) is 9.88 Å². The van der Waals surface area contributed by atoms with Crippen molar-refractivity contribution in [1.82, 2.24) is 14.9 Å². The molecule has 2 fully saturated rings. The van der Waals surface area contributed by atoms with Gasteiger partial charge in [-0.05, 0) is 31.9 Å². The molecule has 0 N–H and O–H groups in total. The van der Waals surface area contributed by atoms with Crippen LogP contribution in [-0.4, -0.2) is 41.0 Å². The molecule has 1 aromatic heterocycles. The number of nitrogens with zero attached hydrogens (tertiary/aromatic N) is 4. The average molecular weight is 344 g/mol. The van der Waals surface area contributed by atoms with Gasteiger partial charge >= 0.3 is 0 Å². The second kappa shape index (κ2) is 6.67. The molecule has 4 rings (SSSR count). The van der Waals surface area contributed by atoms with E-state index in [-0.39, 0.29) is 5.41 Å². The number of hydrogen-bond acceptors (Lipinski definition) is 4. The van der Waals surface area contributed by atoms with Crippen molar-refractivity contribution < 1.29 is 8.78 Å². The SMILES string of the molecule is Fc1cccc(CN2CCC[C@]3(CCN(c4cnccn4)C3)C2)c1F. The lowest BCUT2D eigenvalue weighted by molar-refractivity contribution is 0.0980. The van der Waals surface area contributed by atoms with Gasteiger partial charge in [-0.25, -0.2) is 13.8 Å². The standard InChI is InChI=1S/C19H22F2N4/c20-16-4-1-3-15(18(16)21)12-24-9-2-5-19(13-24)6-10-25(14-19)17-11-22-7-8-23-17/h1,3-4,7-8,11H,2,5-6,9-10,12-14H2/t19-/m0/s1. The Morgan fingerprint density at radius 1 is 1.08 bits per heavy atom. The Balaban J connectivity index is 1.45. The topological polar surface area (TPSA) is 32.3 Å². The van der Waals surface area contributed by atoms with E-state index in [1.54, 1.807) is 24.5 Å². The minimum atomic E-state index is -0.765. The highest BCUT2D eigenvalue weighted by atomic mass is 19.2. The molecule has 2 aliphatic heterocycles. The lowest BCUT2D eigenvalue weighted by Crippen LogP contribution is -2.44. The van der Waals surface area contributed by atoms with Gasteiger partial charge in [0.15, 0.2) is 11.6 Å². The third kappa shape index (κ3) is 3.35. The molecule has 1 aromatic carbocycles. The predicted molar refractivity (Wildman–Crippen MR) is 92.2 cm³/mol. The van der Waals surface area contributed by atoms with Crippen LogP contribution in [0.1, 0.15) is 24.8 Å². The van der Waals surface area contributed by atoms with Crippen LogP contribution in [-0.2, 0) is 6.54 Å². The van der Waals surface area contributed by atoms with Crippen molar-refractivity contribution >= 4 is 5.82 Å². The summed E-state index contributed by atoms with van der Waals surface area (Å²) < 4.78 is 27.4. The van der Waals surface area contributed by atoms with E-state index in [2.05, 4.69) is 19.8 Å². The van der Waals surface area contributed by atoms with E-state index in [1.165, 1.54) is 12.5 Å². The third-order valence-electron chi connectivity index (χ3n) is 5.48. The minimum Gasteiger partial charge on any atom is -0.355 e. The molecule has 0 unspecified atom stereocenters. The third-order valence-corrected chi connectivity index (χ3v) is 5.48. The Morgan fingerprint density at radius 3 is 2.84 bits per heavy atom. The van der Waals surface area contributed by atoms with Crippen molar-refractivity contribution in [1.29, 1.82) is 0 Å². The van der Waals surface area contributed by atoms with Crippen molar-refractivity contribution in [2.24, 2.45) is 5.41 Å². The van der Waals surface area contributed by atoms with Crippen LogP contribution < -0.4 is 4.90 Å². The van der Waals surface area contributed by atoms with E-state index in [0.717, 1.165) is 44.8 Å². The van der Waals surface area contributed by atoms with Gasteiger partial charge in [-0.15, -0.1) is 0 Å². The fourth-order valence-corrected chi connectivity index (χ4v) is 4.27. The number of aromatic nitrogens is 2. The van der Waals surface area contributed by atoms with Gasteiger partial charge in [0.05, 0.1) is 6.20 Å². The van der Waals surface area contributed by atoms with Crippen LogP contribution in [0.3, 0.4) is 0 Å². The number of benzene rings is 1. The van der Waals surface area contributed by atoms with E-state index >= 15 is 0 Å². The summed E-state index contributed by atoms with van der Waals surface area (Å²) in [6.45, 7) is 4.24. The summed E-state index contributed by atoms with van der Waals surface area (Å²) in [7, 11) is 0. The quantitative estimate of drug-likeness (QED) is 0.856. The molecule has 0 aliphatic carbocycles. The normalized spacial score (nSPS) is 24.2. The first-order valence-electron chi connectivity index (χ1n) is 8.81. The second-order valence-corrected chi connectivity index (χ2v) is 7.26. The molecule has 2 saturated heterocycles. The first-order chi connectivity index (χ1) is 12.2. The second-order valence-electron chi connectivity index (χ2n) is 7.26. The van der Waals surface area contributed by atoms with Crippen LogP contribution >= 0.6 is 0 Å². The van der Waals surface area contributed by atoms with Crippen LogP contribution in [0.15, 0.2) is 36.8 Å². The highest BCUT2D eigenvalue weighted by molar-refractivity contribution is 5.37. The van der Waals surface area contributed by atoms with Crippen molar-refractivity contribution in [3.63, 3.8) is 0 Å². The van der Waals surface area contributed by atoms with Crippen molar-refractivity contribution in [2.75, 3.05) is 31.1 Å². The van der Waals surface area contributed by atoms with Crippen LogP contribution in [0.5, 0.6) is 0 Å². The highest BCUT2D eigenvalue weighted by Crippen LogP contribution is 2.40. The molecule has 2 aromatic rings. The van der Waals surface area contributed by atoms with E-state index in [1.807, 2.05) is 6.20 Å². The molecule has 3 heterocycles. The fraction of sp³-hybridized carbons (Fsp3) is 0.474. The zero-order valence-electron chi connectivity index (χ0n) is 14.2. The van der Waals surface area contributed by atoms with E-state index < -0.39 is 11.6 Å². The van der Waals surface area contributed by atoms with Gasteiger partial charge in [0, 0.05) is 49.6 Å². The molecule has 0 radical (unpaired) electrons. The van der Waals surface area contributed by atoms with Gasteiger partial charge in [-0.1, -0.05) is 12.1 Å². The maximum absolute atomic E-state index is 14.0. The van der Waals surface area contributed by atoms with Crippen molar-refractivity contribution in [2.45, 2.75) is 25.8 Å². The molecule has 1 atom stereocenters. The van der Waals surface area contributed by atoms with Gasteiger partial charge in [-0.2, -0.15) is 0 Å². The molecule has 6 heteroatoms. The Labute approximate surface area is 146 Å². The Morgan fingerprint density at radius 2 is 2.00 bits per heavy atom. The Kier molecular flexibility index (Phi) is 4.37. The highest BCUT2D eigenvalue weighted by Gasteiger charge is 2.41. The van der Waals surface area contributed by atoms with E-state index in [9.17, 15) is 8.78 Å². The van der Waals surface area contributed by atoms with Crippen LogP contribution in [0.2, 0.25) is 0 Å². The molecule has 132 valence electrons. The molecular formula is C19H22F2N4. The molecular weight excluding hydrogens is 322 g/mol. The van der Waals surface area contributed by atoms with E-state index in [4.69, 9.17) is 0 Å².